The molecular weight excluding hydrogens is 264 g/mol. The maximum Gasteiger partial charge on any atom is 0.350 e. The Labute approximate surface area is 124 Å². The Kier molecular flexibility index (Phi) is 3.86. The Bertz CT molecular complexity index is 629. The highest BCUT2D eigenvalue weighted by Gasteiger charge is 2.43. The second kappa shape index (κ2) is 5.95. The number of ether oxygens (including phenoxy) is 1. The molecule has 0 spiro atoms. The van der Waals surface area contributed by atoms with Crippen molar-refractivity contribution in [2.24, 2.45) is 0 Å². The van der Waals surface area contributed by atoms with Crippen molar-refractivity contribution in [1.82, 2.24) is 0 Å². The van der Waals surface area contributed by atoms with Crippen LogP contribution in [0.25, 0.3) is 0 Å². The van der Waals surface area contributed by atoms with Crippen LogP contribution in [0.1, 0.15) is 19.8 Å². The van der Waals surface area contributed by atoms with Crippen LogP contribution in [0.15, 0.2) is 65.6 Å². The molecule has 4 heteroatoms. The molecule has 1 aromatic rings. The normalized spacial score (nSPS) is 22.4. The molecule has 0 bridgehead atoms. The minimum Gasteiger partial charge on any atom is -0.423 e. The van der Waals surface area contributed by atoms with Gasteiger partial charge in [0.15, 0.2) is 0 Å². The van der Waals surface area contributed by atoms with Gasteiger partial charge in [-0.25, -0.2) is 0 Å². The molecule has 21 heavy (non-hydrogen) atoms. The SMILES string of the molecule is CCC1OC2=C(C(=CCNc3ccccc3)CC=C2)[N+]1=O. The maximum absolute atomic E-state index is 12.3. The zero-order chi connectivity index (χ0) is 14.7. The van der Waals surface area contributed by atoms with Crippen molar-refractivity contribution in [1.29, 1.82) is 0 Å². The van der Waals surface area contributed by atoms with E-state index < -0.39 is 0 Å². The third kappa shape index (κ3) is 2.75. The van der Waals surface area contributed by atoms with Crippen molar-refractivity contribution in [3.63, 3.8) is 0 Å². The first-order valence-corrected chi connectivity index (χ1v) is 7.31. The highest BCUT2D eigenvalue weighted by molar-refractivity contribution is 5.45. The third-order valence-electron chi connectivity index (χ3n) is 3.67. The molecule has 0 fully saturated rings. The number of anilines is 1. The Morgan fingerprint density at radius 2 is 2.19 bits per heavy atom. The average Bonchev–Trinajstić information content (AvgIpc) is 2.86. The van der Waals surface area contributed by atoms with Gasteiger partial charge in [-0.3, -0.25) is 0 Å². The zero-order valence-corrected chi connectivity index (χ0v) is 12.1. The number of allylic oxidation sites excluding steroid dienone is 3. The number of nitrogens with one attached hydrogen (secondary N) is 1. The summed E-state index contributed by atoms with van der Waals surface area (Å²) in [7, 11) is 0. The molecule has 1 aromatic carbocycles. The van der Waals surface area contributed by atoms with Gasteiger partial charge in [-0.15, -0.1) is 0 Å². The number of nitrogens with zero attached hydrogens (tertiary/aromatic N) is 1. The van der Waals surface area contributed by atoms with Crippen molar-refractivity contribution in [2.45, 2.75) is 26.0 Å². The van der Waals surface area contributed by atoms with Gasteiger partial charge in [-0.05, 0) is 24.6 Å². The van der Waals surface area contributed by atoms with Crippen molar-refractivity contribution < 1.29 is 9.50 Å². The Morgan fingerprint density at radius 1 is 1.38 bits per heavy atom. The Hall–Kier alpha value is -2.36. The fourth-order valence-corrected chi connectivity index (χ4v) is 2.59. The molecule has 3 rings (SSSR count). The first-order chi connectivity index (χ1) is 10.3. The van der Waals surface area contributed by atoms with Crippen LogP contribution in [-0.4, -0.2) is 17.5 Å². The van der Waals surface area contributed by atoms with Gasteiger partial charge in [0.25, 0.3) is 0 Å². The van der Waals surface area contributed by atoms with Gasteiger partial charge >= 0.3 is 11.9 Å². The summed E-state index contributed by atoms with van der Waals surface area (Å²) in [6, 6.07) is 10.0. The lowest BCUT2D eigenvalue weighted by Gasteiger charge is -2.06. The van der Waals surface area contributed by atoms with E-state index in [2.05, 4.69) is 11.4 Å². The van der Waals surface area contributed by atoms with E-state index >= 15 is 0 Å². The Balaban J connectivity index is 1.72. The summed E-state index contributed by atoms with van der Waals surface area (Å²) in [4.78, 5) is 12.3. The minimum absolute atomic E-state index is 0.386. The summed E-state index contributed by atoms with van der Waals surface area (Å²) in [5.41, 5.74) is 2.80. The lowest BCUT2D eigenvalue weighted by atomic mass is 10.0. The van der Waals surface area contributed by atoms with E-state index in [-0.39, 0.29) is 6.23 Å². The predicted octanol–water partition coefficient (Wildman–Crippen LogP) is 3.74. The first kappa shape index (κ1) is 13.6. The van der Waals surface area contributed by atoms with Crippen LogP contribution >= 0.6 is 0 Å². The highest BCUT2D eigenvalue weighted by atomic mass is 16.5. The predicted molar refractivity (Wildman–Crippen MR) is 82.6 cm³/mol. The van der Waals surface area contributed by atoms with Gasteiger partial charge in [0, 0.05) is 22.7 Å². The molecule has 0 aromatic heterocycles. The van der Waals surface area contributed by atoms with Gasteiger partial charge < -0.3 is 10.1 Å². The van der Waals surface area contributed by atoms with Crippen molar-refractivity contribution >= 4 is 5.69 Å². The number of hydrogen-bond donors (Lipinski definition) is 1. The molecule has 1 aliphatic carbocycles. The van der Waals surface area contributed by atoms with Crippen molar-refractivity contribution in [3.8, 4) is 0 Å². The van der Waals surface area contributed by atoms with Gasteiger partial charge in [-0.1, -0.05) is 37.3 Å². The van der Waals surface area contributed by atoms with Gasteiger partial charge in [0.2, 0.25) is 5.76 Å². The maximum atomic E-state index is 12.3. The molecule has 1 N–H and O–H groups in total. The van der Waals surface area contributed by atoms with Gasteiger partial charge in [0.1, 0.15) is 0 Å². The second-order valence-corrected chi connectivity index (χ2v) is 5.10. The minimum atomic E-state index is -0.386. The summed E-state index contributed by atoms with van der Waals surface area (Å²) in [6.45, 7) is 2.65. The topological polar surface area (TPSA) is 41.3 Å². The molecule has 0 radical (unpaired) electrons. The fraction of sp³-hybridized carbons (Fsp3) is 0.294. The molecule has 4 nitrogen and oxygen atoms in total. The molecule has 0 saturated heterocycles. The first-order valence-electron chi connectivity index (χ1n) is 7.31. The second-order valence-electron chi connectivity index (χ2n) is 5.10. The lowest BCUT2D eigenvalue weighted by Crippen LogP contribution is -2.19. The summed E-state index contributed by atoms with van der Waals surface area (Å²) >= 11 is 0. The molecular formula is C17H19N2O2+. The van der Waals surface area contributed by atoms with Crippen LogP contribution in [0.2, 0.25) is 0 Å². The highest BCUT2D eigenvalue weighted by Crippen LogP contribution is 2.34. The molecule has 108 valence electrons. The van der Waals surface area contributed by atoms with Crippen LogP contribution in [0.5, 0.6) is 0 Å². The standard InChI is InChI=1S/C17H19N2O2/c1-2-16-19(20)17-13(7-6-10-15(17)21-16)11-12-18-14-8-4-3-5-9-14/h3-6,8-11,16,18H,2,7,12H2,1H3/q+1. The number of benzene rings is 1. The summed E-state index contributed by atoms with van der Waals surface area (Å²) < 4.78 is 6.67. The molecule has 1 aliphatic heterocycles. The quantitative estimate of drug-likeness (QED) is 0.856. The molecule has 1 heterocycles. The smallest absolute Gasteiger partial charge is 0.350 e. The summed E-state index contributed by atoms with van der Waals surface area (Å²) in [5, 5.41) is 3.33. The average molecular weight is 283 g/mol. The van der Waals surface area contributed by atoms with Crippen molar-refractivity contribution in [3.05, 3.63) is 70.5 Å². The number of rotatable bonds is 4. The number of hydrogen-bond acceptors (Lipinski definition) is 3. The van der Waals surface area contributed by atoms with Crippen LogP contribution in [0, 0.1) is 4.91 Å². The van der Waals surface area contributed by atoms with E-state index in [0.717, 1.165) is 22.4 Å². The van der Waals surface area contributed by atoms with Crippen LogP contribution in [-0.2, 0) is 4.74 Å². The van der Waals surface area contributed by atoms with Gasteiger partial charge in [-0.2, -0.15) is 0 Å². The molecule has 0 saturated carbocycles. The van der Waals surface area contributed by atoms with Crippen LogP contribution in [0.3, 0.4) is 0 Å². The van der Waals surface area contributed by atoms with E-state index in [0.29, 0.717) is 24.4 Å². The van der Waals surface area contributed by atoms with E-state index in [1.54, 1.807) is 0 Å². The largest absolute Gasteiger partial charge is 0.423 e. The molecule has 1 atom stereocenters. The van der Waals surface area contributed by atoms with Crippen LogP contribution < -0.4 is 5.32 Å². The summed E-state index contributed by atoms with van der Waals surface area (Å²) in [5.74, 6) is 0.703. The van der Waals surface area contributed by atoms with E-state index in [9.17, 15) is 4.91 Å². The molecule has 0 amide bonds. The molecule has 2 aliphatic rings. The molecule has 1 unspecified atom stereocenters. The number of para-hydroxylation sites is 1. The monoisotopic (exact) mass is 283 g/mol. The Morgan fingerprint density at radius 3 is 2.95 bits per heavy atom. The summed E-state index contributed by atoms with van der Waals surface area (Å²) in [6.07, 6.45) is 7.08. The van der Waals surface area contributed by atoms with E-state index in [1.165, 1.54) is 0 Å². The zero-order valence-electron chi connectivity index (χ0n) is 12.1. The van der Waals surface area contributed by atoms with Crippen LogP contribution in [0.4, 0.5) is 5.69 Å². The third-order valence-corrected chi connectivity index (χ3v) is 3.67. The fourth-order valence-electron chi connectivity index (χ4n) is 2.59. The van der Waals surface area contributed by atoms with E-state index in [4.69, 9.17) is 4.74 Å². The van der Waals surface area contributed by atoms with E-state index in [1.807, 2.05) is 49.4 Å². The van der Waals surface area contributed by atoms with Gasteiger partial charge in [0.05, 0.1) is 11.2 Å². The van der Waals surface area contributed by atoms with Crippen molar-refractivity contribution in [2.75, 3.05) is 11.9 Å². The number of nitroso groups, excluding NO2 is 1. The lowest BCUT2D eigenvalue weighted by molar-refractivity contribution is -0.562.